The van der Waals surface area contributed by atoms with Crippen LogP contribution in [0, 0.1) is 13.8 Å². The summed E-state index contributed by atoms with van der Waals surface area (Å²) in [6.45, 7) is 3.80. The lowest BCUT2D eigenvalue weighted by Crippen LogP contribution is -2.45. The van der Waals surface area contributed by atoms with Crippen molar-refractivity contribution >= 4 is 49.9 Å². The lowest BCUT2D eigenvalue weighted by Gasteiger charge is -2.30. The van der Waals surface area contributed by atoms with Crippen LogP contribution in [-0.2, 0) is 9.59 Å². The number of hydrogen-bond acceptors (Lipinski definition) is 5. The van der Waals surface area contributed by atoms with Crippen molar-refractivity contribution in [1.82, 2.24) is 4.98 Å². The van der Waals surface area contributed by atoms with Crippen molar-refractivity contribution in [2.24, 2.45) is 0 Å². The van der Waals surface area contributed by atoms with E-state index in [4.69, 9.17) is 9.72 Å². The van der Waals surface area contributed by atoms with E-state index in [-0.39, 0.29) is 25.0 Å². The van der Waals surface area contributed by atoms with Crippen molar-refractivity contribution in [2.75, 3.05) is 23.0 Å². The Balaban J connectivity index is 1.57. The summed E-state index contributed by atoms with van der Waals surface area (Å²) in [6, 6.07) is 21.1. The van der Waals surface area contributed by atoms with Gasteiger partial charge in [0.25, 0.3) is 11.8 Å². The van der Waals surface area contributed by atoms with Crippen molar-refractivity contribution in [3.63, 3.8) is 0 Å². The van der Waals surface area contributed by atoms with Crippen LogP contribution in [0.3, 0.4) is 0 Å². The molecule has 0 radical (unpaired) electrons. The minimum atomic E-state index is -0.248. The van der Waals surface area contributed by atoms with E-state index in [1.807, 2.05) is 62.4 Å². The SMILES string of the molecule is Cc1cc(C)cc(N(C(=O)CN2C(=O)COc3ccccc32)c2nc3ccccc3s2)c1. The molecule has 0 spiro atoms. The van der Waals surface area contributed by atoms with E-state index in [0.717, 1.165) is 27.0 Å². The molecule has 3 aromatic carbocycles. The minimum absolute atomic E-state index is 0.0883. The zero-order valence-corrected chi connectivity index (χ0v) is 18.6. The van der Waals surface area contributed by atoms with Crippen molar-refractivity contribution in [3.8, 4) is 5.75 Å². The molecule has 1 aliphatic heterocycles. The number of para-hydroxylation sites is 3. The maximum atomic E-state index is 13.7. The quantitative estimate of drug-likeness (QED) is 0.445. The van der Waals surface area contributed by atoms with Gasteiger partial charge in [0.2, 0.25) is 0 Å². The van der Waals surface area contributed by atoms with Gasteiger partial charge in [0.05, 0.1) is 21.6 Å². The van der Waals surface area contributed by atoms with Crippen molar-refractivity contribution in [1.29, 1.82) is 0 Å². The average Bonchev–Trinajstić information content (AvgIpc) is 3.18. The van der Waals surface area contributed by atoms with Gasteiger partial charge in [0.1, 0.15) is 12.3 Å². The van der Waals surface area contributed by atoms with Gasteiger partial charge in [-0.3, -0.25) is 19.4 Å². The average molecular weight is 444 g/mol. The van der Waals surface area contributed by atoms with E-state index in [9.17, 15) is 9.59 Å². The first-order chi connectivity index (χ1) is 15.5. The molecular formula is C25H21N3O3S. The van der Waals surface area contributed by atoms with Crippen LogP contribution < -0.4 is 14.5 Å². The largest absolute Gasteiger partial charge is 0.482 e. The molecule has 0 saturated carbocycles. The molecule has 0 aliphatic carbocycles. The summed E-state index contributed by atoms with van der Waals surface area (Å²) in [5.74, 6) is 0.110. The van der Waals surface area contributed by atoms with Gasteiger partial charge in [0.15, 0.2) is 11.7 Å². The Morgan fingerprint density at radius 2 is 1.78 bits per heavy atom. The Morgan fingerprint density at radius 1 is 1.06 bits per heavy atom. The van der Waals surface area contributed by atoms with Crippen molar-refractivity contribution < 1.29 is 14.3 Å². The van der Waals surface area contributed by atoms with Gasteiger partial charge in [0, 0.05) is 0 Å². The summed E-state index contributed by atoms with van der Waals surface area (Å²) in [5, 5.41) is 0.579. The molecule has 1 aromatic heterocycles. The summed E-state index contributed by atoms with van der Waals surface area (Å²) in [5.41, 5.74) is 4.27. The third-order valence-corrected chi connectivity index (χ3v) is 6.31. The fourth-order valence-electron chi connectivity index (χ4n) is 3.93. The number of aromatic nitrogens is 1. The Labute approximate surface area is 189 Å². The van der Waals surface area contributed by atoms with E-state index >= 15 is 0 Å². The smallest absolute Gasteiger partial charge is 0.265 e. The van der Waals surface area contributed by atoms with Gasteiger partial charge in [-0.1, -0.05) is 41.7 Å². The number of amides is 2. The Bertz CT molecular complexity index is 1290. The molecule has 0 unspecified atom stereocenters. The van der Waals surface area contributed by atoms with Crippen LogP contribution in [0.25, 0.3) is 10.2 Å². The first-order valence-electron chi connectivity index (χ1n) is 10.3. The van der Waals surface area contributed by atoms with Gasteiger partial charge in [-0.05, 0) is 61.4 Å². The molecule has 6 nitrogen and oxygen atoms in total. The zero-order valence-electron chi connectivity index (χ0n) is 17.7. The molecule has 5 rings (SSSR count). The maximum Gasteiger partial charge on any atom is 0.265 e. The highest BCUT2D eigenvalue weighted by Gasteiger charge is 2.31. The zero-order chi connectivity index (χ0) is 22.2. The molecule has 0 fully saturated rings. The number of hydrogen-bond donors (Lipinski definition) is 0. The maximum absolute atomic E-state index is 13.7. The molecule has 0 N–H and O–H groups in total. The molecular weight excluding hydrogens is 422 g/mol. The Morgan fingerprint density at radius 3 is 2.56 bits per heavy atom. The van der Waals surface area contributed by atoms with Gasteiger partial charge in [-0.2, -0.15) is 0 Å². The third kappa shape index (κ3) is 3.71. The van der Waals surface area contributed by atoms with Crippen molar-refractivity contribution in [2.45, 2.75) is 13.8 Å². The summed E-state index contributed by atoms with van der Waals surface area (Å²) >= 11 is 1.45. The first kappa shape index (κ1) is 20.2. The van der Waals surface area contributed by atoms with Gasteiger partial charge < -0.3 is 4.74 Å². The number of carbonyl (C=O) groups is 2. The first-order valence-corrected chi connectivity index (χ1v) is 11.1. The standard InChI is InChI=1S/C25H21N3O3S/c1-16-11-17(2)13-18(12-16)28(25-26-19-7-3-6-10-22(19)32-25)23(29)14-27-20-8-4-5-9-21(20)31-15-24(27)30/h3-13H,14-15H2,1-2H3. The molecule has 4 aromatic rings. The second kappa shape index (κ2) is 8.09. The van der Waals surface area contributed by atoms with E-state index < -0.39 is 0 Å². The number of benzene rings is 3. The summed E-state index contributed by atoms with van der Waals surface area (Å²) < 4.78 is 6.52. The predicted molar refractivity (Wildman–Crippen MR) is 127 cm³/mol. The Kier molecular flexibility index (Phi) is 5.11. The van der Waals surface area contributed by atoms with E-state index in [0.29, 0.717) is 16.6 Å². The number of aryl methyl sites for hydroxylation is 2. The molecule has 0 bridgehead atoms. The number of ether oxygens (including phenoxy) is 1. The Hall–Kier alpha value is -3.71. The highest BCUT2D eigenvalue weighted by molar-refractivity contribution is 7.22. The lowest BCUT2D eigenvalue weighted by atomic mass is 10.1. The molecule has 2 amide bonds. The number of nitrogens with zero attached hydrogens (tertiary/aromatic N) is 3. The lowest BCUT2D eigenvalue weighted by molar-refractivity contribution is -0.124. The number of thiazole rings is 1. The van der Waals surface area contributed by atoms with Crippen LogP contribution >= 0.6 is 11.3 Å². The van der Waals surface area contributed by atoms with Gasteiger partial charge in [-0.15, -0.1) is 0 Å². The predicted octanol–water partition coefficient (Wildman–Crippen LogP) is 5.00. The van der Waals surface area contributed by atoms with Crippen molar-refractivity contribution in [3.05, 3.63) is 77.9 Å². The fourth-order valence-corrected chi connectivity index (χ4v) is 4.93. The second-order valence-corrected chi connectivity index (χ2v) is 8.78. The minimum Gasteiger partial charge on any atom is -0.482 e. The van der Waals surface area contributed by atoms with Crippen LogP contribution in [0.15, 0.2) is 66.7 Å². The number of carbonyl (C=O) groups excluding carboxylic acids is 2. The van der Waals surface area contributed by atoms with Crippen LogP contribution in [0.4, 0.5) is 16.5 Å². The molecule has 0 saturated heterocycles. The summed E-state index contributed by atoms with van der Waals surface area (Å²) in [4.78, 5) is 34.2. The third-order valence-electron chi connectivity index (χ3n) is 5.29. The number of rotatable bonds is 4. The normalized spacial score (nSPS) is 13.1. The molecule has 0 atom stereocenters. The van der Waals surface area contributed by atoms with Crippen LogP contribution in [-0.4, -0.2) is 29.9 Å². The molecule has 160 valence electrons. The monoisotopic (exact) mass is 443 g/mol. The van der Waals surface area contributed by atoms with Crippen LogP contribution in [0.1, 0.15) is 11.1 Å². The van der Waals surface area contributed by atoms with E-state index in [1.54, 1.807) is 17.0 Å². The van der Waals surface area contributed by atoms with Crippen LogP contribution in [0.5, 0.6) is 5.75 Å². The molecule has 2 heterocycles. The highest BCUT2D eigenvalue weighted by Crippen LogP contribution is 2.36. The summed E-state index contributed by atoms with van der Waals surface area (Å²) in [6.07, 6.45) is 0. The highest BCUT2D eigenvalue weighted by atomic mass is 32.1. The van der Waals surface area contributed by atoms with Gasteiger partial charge >= 0.3 is 0 Å². The molecule has 7 heteroatoms. The number of fused-ring (bicyclic) bond motifs is 2. The van der Waals surface area contributed by atoms with Crippen LogP contribution in [0.2, 0.25) is 0 Å². The number of anilines is 3. The van der Waals surface area contributed by atoms with Gasteiger partial charge in [-0.25, -0.2) is 4.98 Å². The van der Waals surface area contributed by atoms with E-state index in [1.165, 1.54) is 16.2 Å². The fraction of sp³-hybridized carbons (Fsp3) is 0.160. The van der Waals surface area contributed by atoms with E-state index in [2.05, 4.69) is 6.07 Å². The summed E-state index contributed by atoms with van der Waals surface area (Å²) in [7, 11) is 0. The topological polar surface area (TPSA) is 62.7 Å². The molecule has 1 aliphatic rings. The second-order valence-electron chi connectivity index (χ2n) is 7.78. The molecule has 32 heavy (non-hydrogen) atoms.